The Kier molecular flexibility index (Phi) is 3.13. The fourth-order valence-corrected chi connectivity index (χ4v) is 1.44. The zero-order valence-electron chi connectivity index (χ0n) is 8.35. The summed E-state index contributed by atoms with van der Waals surface area (Å²) >= 11 is 5.74. The topological polar surface area (TPSA) is 52.3 Å². The lowest BCUT2D eigenvalue weighted by atomic mass is 10.4. The summed E-state index contributed by atoms with van der Waals surface area (Å²) in [7, 11) is 0. The van der Waals surface area contributed by atoms with Crippen LogP contribution in [0.4, 0.5) is 0 Å². The molecule has 0 spiro atoms. The summed E-state index contributed by atoms with van der Waals surface area (Å²) < 4.78 is 7.06. The van der Waals surface area contributed by atoms with E-state index in [4.69, 9.17) is 16.3 Å². The van der Waals surface area contributed by atoms with Crippen LogP contribution in [-0.2, 0) is 11.2 Å². The summed E-state index contributed by atoms with van der Waals surface area (Å²) in [6.07, 6.45) is 2.34. The minimum atomic E-state index is 0.422. The Hall–Kier alpha value is -1.20. The summed E-state index contributed by atoms with van der Waals surface area (Å²) in [5, 5.41) is 8.46. The van der Waals surface area contributed by atoms with Gasteiger partial charge in [0, 0.05) is 19.1 Å². The van der Waals surface area contributed by atoms with Crippen molar-refractivity contribution in [2.75, 3.05) is 13.2 Å². The van der Waals surface area contributed by atoms with Crippen molar-refractivity contribution < 1.29 is 4.74 Å². The molecule has 0 aliphatic rings. The number of fused-ring (bicyclic) bond motifs is 1. The molecule has 0 fully saturated rings. The third kappa shape index (κ3) is 2.24. The Bertz CT molecular complexity index is 456. The maximum absolute atomic E-state index is 5.74. The van der Waals surface area contributed by atoms with E-state index in [0.29, 0.717) is 24.0 Å². The first-order valence-corrected chi connectivity index (χ1v) is 5.12. The largest absolute Gasteiger partial charge is 0.381 e. The lowest BCUT2D eigenvalue weighted by Gasteiger charge is -1.99. The second-order valence-electron chi connectivity index (χ2n) is 3.00. The zero-order valence-corrected chi connectivity index (χ0v) is 9.11. The molecule has 6 heteroatoms. The van der Waals surface area contributed by atoms with E-state index in [1.807, 2.05) is 11.3 Å². The molecule has 2 aromatic heterocycles. The fourth-order valence-electron chi connectivity index (χ4n) is 1.30. The van der Waals surface area contributed by atoms with E-state index in [9.17, 15) is 0 Å². The molecule has 0 bridgehead atoms. The Labute approximate surface area is 92.1 Å². The zero-order chi connectivity index (χ0) is 10.7. The molecule has 15 heavy (non-hydrogen) atoms. The van der Waals surface area contributed by atoms with Crippen LogP contribution < -0.4 is 0 Å². The van der Waals surface area contributed by atoms with Gasteiger partial charge in [0.05, 0.1) is 6.61 Å². The minimum absolute atomic E-state index is 0.422. The van der Waals surface area contributed by atoms with Gasteiger partial charge in [0.1, 0.15) is 17.3 Å². The summed E-state index contributed by atoms with van der Waals surface area (Å²) in [6.45, 7) is 3.31. The number of hydrogen-bond donors (Lipinski definition) is 0. The number of aromatic nitrogens is 4. The van der Waals surface area contributed by atoms with E-state index in [-0.39, 0.29) is 0 Å². The average molecular weight is 227 g/mol. The molecule has 0 radical (unpaired) electrons. The molecule has 0 aromatic carbocycles. The molecule has 2 aromatic rings. The minimum Gasteiger partial charge on any atom is -0.381 e. The molecule has 0 aliphatic carbocycles. The van der Waals surface area contributed by atoms with Crippen molar-refractivity contribution >= 4 is 17.2 Å². The monoisotopic (exact) mass is 226 g/mol. The van der Waals surface area contributed by atoms with E-state index < -0.39 is 0 Å². The van der Waals surface area contributed by atoms with E-state index in [1.165, 1.54) is 0 Å². The van der Waals surface area contributed by atoms with Crippen molar-refractivity contribution in [1.82, 2.24) is 19.6 Å². The van der Waals surface area contributed by atoms with Crippen LogP contribution in [0.3, 0.4) is 0 Å². The SMILES string of the molecule is CCOCCc1nnc2cc(Cl)ncn12. The highest BCUT2D eigenvalue weighted by Crippen LogP contribution is 2.08. The van der Waals surface area contributed by atoms with Gasteiger partial charge in [-0.1, -0.05) is 11.6 Å². The number of rotatable bonds is 4. The Balaban J connectivity index is 2.21. The quantitative estimate of drug-likeness (QED) is 0.584. The molecular weight excluding hydrogens is 216 g/mol. The van der Waals surface area contributed by atoms with Crippen molar-refractivity contribution in [1.29, 1.82) is 0 Å². The van der Waals surface area contributed by atoms with Gasteiger partial charge in [-0.25, -0.2) is 4.98 Å². The summed E-state index contributed by atoms with van der Waals surface area (Å²) in [4.78, 5) is 3.98. The fraction of sp³-hybridized carbons (Fsp3) is 0.444. The van der Waals surface area contributed by atoms with Crippen molar-refractivity contribution in [2.24, 2.45) is 0 Å². The molecule has 0 amide bonds. The normalized spacial score (nSPS) is 11.1. The lowest BCUT2D eigenvalue weighted by Crippen LogP contribution is -2.02. The average Bonchev–Trinajstić information content (AvgIpc) is 2.61. The highest BCUT2D eigenvalue weighted by Gasteiger charge is 2.05. The standard InChI is InChI=1S/C9H11ClN4O/c1-2-15-4-3-8-12-13-9-5-7(10)11-6-14(8)9/h5-6H,2-4H2,1H3. The van der Waals surface area contributed by atoms with Crippen LogP contribution in [-0.4, -0.2) is 32.8 Å². The van der Waals surface area contributed by atoms with Gasteiger partial charge in [0.15, 0.2) is 5.65 Å². The van der Waals surface area contributed by atoms with E-state index >= 15 is 0 Å². The maximum Gasteiger partial charge on any atom is 0.165 e. The number of hydrogen-bond acceptors (Lipinski definition) is 4. The molecule has 2 rings (SSSR count). The van der Waals surface area contributed by atoms with Gasteiger partial charge < -0.3 is 4.74 Å². The Morgan fingerprint density at radius 2 is 2.33 bits per heavy atom. The predicted molar refractivity (Wildman–Crippen MR) is 56.0 cm³/mol. The van der Waals surface area contributed by atoms with E-state index in [1.54, 1.807) is 12.4 Å². The van der Waals surface area contributed by atoms with Gasteiger partial charge in [-0.3, -0.25) is 4.40 Å². The number of nitrogens with zero attached hydrogens (tertiary/aromatic N) is 4. The maximum atomic E-state index is 5.74. The molecule has 0 aliphatic heterocycles. The number of halogens is 1. The Morgan fingerprint density at radius 3 is 3.13 bits per heavy atom. The summed E-state index contributed by atoms with van der Waals surface area (Å²) in [5.41, 5.74) is 0.710. The van der Waals surface area contributed by atoms with Crippen LogP contribution >= 0.6 is 11.6 Å². The van der Waals surface area contributed by atoms with Gasteiger partial charge in [-0.15, -0.1) is 10.2 Å². The van der Waals surface area contributed by atoms with E-state index in [0.717, 1.165) is 12.2 Å². The van der Waals surface area contributed by atoms with Gasteiger partial charge in [0.25, 0.3) is 0 Å². The summed E-state index contributed by atoms with van der Waals surface area (Å²) in [5.74, 6) is 0.836. The van der Waals surface area contributed by atoms with Crippen LogP contribution in [0.15, 0.2) is 12.4 Å². The molecule has 0 atom stereocenters. The van der Waals surface area contributed by atoms with Crippen LogP contribution in [0.5, 0.6) is 0 Å². The molecular formula is C9H11ClN4O. The van der Waals surface area contributed by atoms with Crippen LogP contribution in [0.25, 0.3) is 5.65 Å². The van der Waals surface area contributed by atoms with Gasteiger partial charge in [-0.05, 0) is 6.92 Å². The van der Waals surface area contributed by atoms with Crippen LogP contribution in [0.1, 0.15) is 12.7 Å². The van der Waals surface area contributed by atoms with Crippen molar-refractivity contribution in [3.05, 3.63) is 23.4 Å². The van der Waals surface area contributed by atoms with Crippen molar-refractivity contribution in [2.45, 2.75) is 13.3 Å². The molecule has 80 valence electrons. The van der Waals surface area contributed by atoms with Crippen molar-refractivity contribution in [3.8, 4) is 0 Å². The lowest BCUT2D eigenvalue weighted by molar-refractivity contribution is 0.149. The molecule has 0 unspecified atom stereocenters. The first kappa shape index (κ1) is 10.3. The van der Waals surface area contributed by atoms with Crippen LogP contribution in [0.2, 0.25) is 5.15 Å². The smallest absolute Gasteiger partial charge is 0.165 e. The second kappa shape index (κ2) is 4.55. The molecule has 0 saturated carbocycles. The molecule has 0 N–H and O–H groups in total. The highest BCUT2D eigenvalue weighted by atomic mass is 35.5. The summed E-state index contributed by atoms with van der Waals surface area (Å²) in [6, 6.07) is 1.68. The third-order valence-corrected chi connectivity index (χ3v) is 2.22. The second-order valence-corrected chi connectivity index (χ2v) is 3.39. The van der Waals surface area contributed by atoms with Gasteiger partial charge in [-0.2, -0.15) is 0 Å². The first-order chi connectivity index (χ1) is 7.31. The van der Waals surface area contributed by atoms with E-state index in [2.05, 4.69) is 15.2 Å². The molecule has 2 heterocycles. The Morgan fingerprint density at radius 1 is 1.47 bits per heavy atom. The predicted octanol–water partition coefficient (Wildman–Crippen LogP) is 1.36. The molecule has 0 saturated heterocycles. The van der Waals surface area contributed by atoms with Gasteiger partial charge >= 0.3 is 0 Å². The molecule has 5 nitrogen and oxygen atoms in total. The van der Waals surface area contributed by atoms with Crippen molar-refractivity contribution in [3.63, 3.8) is 0 Å². The number of ether oxygens (including phenoxy) is 1. The third-order valence-electron chi connectivity index (χ3n) is 2.01. The first-order valence-electron chi connectivity index (χ1n) is 4.74. The van der Waals surface area contributed by atoms with Gasteiger partial charge in [0.2, 0.25) is 0 Å². The van der Waals surface area contributed by atoms with Crippen LogP contribution in [0, 0.1) is 0 Å². The highest BCUT2D eigenvalue weighted by molar-refractivity contribution is 6.29.